The Bertz CT molecular complexity index is 1020. The molecule has 4 rings (SSSR count). The first-order valence-corrected chi connectivity index (χ1v) is 8.79. The summed E-state index contributed by atoms with van der Waals surface area (Å²) in [6.45, 7) is 0.693. The zero-order valence-corrected chi connectivity index (χ0v) is 15.2. The van der Waals surface area contributed by atoms with Gasteiger partial charge in [-0.15, -0.1) is 0 Å². The molecule has 0 fully saturated rings. The van der Waals surface area contributed by atoms with E-state index in [2.05, 4.69) is 10.5 Å². The molecular weight excluding hydrogens is 370 g/mol. The van der Waals surface area contributed by atoms with Crippen molar-refractivity contribution in [2.24, 2.45) is 0 Å². The van der Waals surface area contributed by atoms with Gasteiger partial charge < -0.3 is 19.2 Å². The molecule has 1 aromatic carbocycles. The van der Waals surface area contributed by atoms with E-state index in [1.54, 1.807) is 23.1 Å². The van der Waals surface area contributed by atoms with E-state index in [0.717, 1.165) is 5.56 Å². The summed E-state index contributed by atoms with van der Waals surface area (Å²) in [4.78, 5) is 26.4. The highest BCUT2D eigenvalue weighted by molar-refractivity contribution is 6.33. The summed E-state index contributed by atoms with van der Waals surface area (Å²) in [5, 5.41) is 6.90. The number of carbonyl (C=O) groups excluding carboxylic acids is 2. The molecule has 0 saturated carbocycles. The van der Waals surface area contributed by atoms with Crippen LogP contribution in [-0.2, 0) is 13.0 Å². The summed E-state index contributed by atoms with van der Waals surface area (Å²) in [5.74, 6) is 0.772. The first-order chi connectivity index (χ1) is 13.1. The Morgan fingerprint density at radius 2 is 2.04 bits per heavy atom. The minimum absolute atomic E-state index is 0.209. The number of rotatable bonds is 3. The molecule has 0 radical (unpaired) electrons. The van der Waals surface area contributed by atoms with Gasteiger partial charge in [-0.25, -0.2) is 0 Å². The van der Waals surface area contributed by atoms with Gasteiger partial charge >= 0.3 is 0 Å². The number of aromatic nitrogens is 1. The van der Waals surface area contributed by atoms with Gasteiger partial charge in [-0.05, 0) is 24.3 Å². The molecule has 3 aromatic rings. The van der Waals surface area contributed by atoms with Crippen LogP contribution in [0.1, 0.15) is 32.4 Å². The second kappa shape index (κ2) is 6.92. The van der Waals surface area contributed by atoms with Crippen molar-refractivity contribution in [3.8, 4) is 11.3 Å². The third kappa shape index (κ3) is 3.10. The molecule has 3 heterocycles. The number of fused-ring (bicyclic) bond motifs is 1. The van der Waals surface area contributed by atoms with E-state index >= 15 is 0 Å². The second-order valence-electron chi connectivity index (χ2n) is 6.13. The van der Waals surface area contributed by atoms with E-state index in [0.29, 0.717) is 35.1 Å². The molecule has 0 unspecified atom stereocenters. The van der Waals surface area contributed by atoms with Gasteiger partial charge in [0.15, 0.2) is 11.5 Å². The van der Waals surface area contributed by atoms with Gasteiger partial charge in [-0.1, -0.05) is 28.9 Å². The van der Waals surface area contributed by atoms with Crippen molar-refractivity contribution >= 4 is 23.4 Å². The summed E-state index contributed by atoms with van der Waals surface area (Å²) < 4.78 is 11.0. The van der Waals surface area contributed by atoms with Crippen LogP contribution < -0.4 is 5.32 Å². The normalized spacial score (nSPS) is 13.3. The summed E-state index contributed by atoms with van der Waals surface area (Å²) in [6, 6.07) is 10.6. The van der Waals surface area contributed by atoms with Gasteiger partial charge in [-0.3, -0.25) is 9.59 Å². The van der Waals surface area contributed by atoms with Crippen molar-refractivity contribution in [2.75, 3.05) is 13.6 Å². The monoisotopic (exact) mass is 385 g/mol. The molecule has 2 amide bonds. The van der Waals surface area contributed by atoms with Gasteiger partial charge in [-0.2, -0.15) is 0 Å². The largest absolute Gasteiger partial charge is 0.451 e. The van der Waals surface area contributed by atoms with Crippen LogP contribution in [0.15, 0.2) is 45.3 Å². The number of nitrogens with zero attached hydrogens (tertiary/aromatic N) is 2. The highest BCUT2D eigenvalue weighted by atomic mass is 35.5. The Hall–Kier alpha value is -3.06. The quantitative estimate of drug-likeness (QED) is 0.748. The van der Waals surface area contributed by atoms with Crippen molar-refractivity contribution < 1.29 is 18.5 Å². The molecule has 0 bridgehead atoms. The van der Waals surface area contributed by atoms with E-state index in [4.69, 9.17) is 20.5 Å². The Kier molecular flexibility index (Phi) is 4.45. The smallest absolute Gasteiger partial charge is 0.289 e. The first-order valence-electron chi connectivity index (χ1n) is 8.42. The first kappa shape index (κ1) is 17.4. The number of halogens is 1. The van der Waals surface area contributed by atoms with Crippen LogP contribution in [-0.4, -0.2) is 35.5 Å². The lowest BCUT2D eigenvalue weighted by Crippen LogP contribution is -2.36. The zero-order chi connectivity index (χ0) is 19.0. The number of carbonyl (C=O) groups is 2. The van der Waals surface area contributed by atoms with Crippen LogP contribution in [0.4, 0.5) is 0 Å². The molecule has 0 spiro atoms. The molecule has 0 saturated heterocycles. The second-order valence-corrected chi connectivity index (χ2v) is 6.54. The van der Waals surface area contributed by atoms with Crippen LogP contribution in [0, 0.1) is 0 Å². The Balaban J connectivity index is 1.57. The van der Waals surface area contributed by atoms with Crippen LogP contribution in [0.3, 0.4) is 0 Å². The summed E-state index contributed by atoms with van der Waals surface area (Å²) >= 11 is 6.19. The molecule has 27 heavy (non-hydrogen) atoms. The minimum Gasteiger partial charge on any atom is -0.451 e. The van der Waals surface area contributed by atoms with Crippen LogP contribution in [0.25, 0.3) is 11.3 Å². The van der Waals surface area contributed by atoms with Crippen molar-refractivity contribution in [3.63, 3.8) is 0 Å². The average Bonchev–Trinajstić information content (AvgIpc) is 3.34. The number of hydrogen-bond acceptors (Lipinski definition) is 5. The molecular formula is C19H16ClN3O4. The molecule has 7 nitrogen and oxygen atoms in total. The summed E-state index contributed by atoms with van der Waals surface area (Å²) in [7, 11) is 1.52. The molecule has 1 N–H and O–H groups in total. The van der Waals surface area contributed by atoms with E-state index in [-0.39, 0.29) is 29.8 Å². The lowest BCUT2D eigenvalue weighted by atomic mass is 10.1. The number of hydrogen-bond donors (Lipinski definition) is 1. The third-order valence-corrected chi connectivity index (χ3v) is 4.84. The van der Waals surface area contributed by atoms with E-state index in [9.17, 15) is 9.59 Å². The van der Waals surface area contributed by atoms with E-state index in [1.165, 1.54) is 7.05 Å². The van der Waals surface area contributed by atoms with E-state index in [1.807, 2.05) is 18.2 Å². The lowest BCUT2D eigenvalue weighted by Gasteiger charge is -2.25. The fourth-order valence-electron chi connectivity index (χ4n) is 3.09. The SMILES string of the molecule is CNC(=O)c1noc2c1CN(C(=O)c1ccc(-c3ccccc3Cl)o1)CC2. The Morgan fingerprint density at radius 3 is 2.81 bits per heavy atom. The maximum absolute atomic E-state index is 12.9. The standard InChI is InChI=1S/C19H16ClN3O4/c1-21-18(24)17-12-10-23(9-8-15(12)27-22-17)19(25)16-7-6-14(26-16)11-4-2-3-5-13(11)20/h2-7H,8-10H2,1H3,(H,21,24). The van der Waals surface area contributed by atoms with Crippen LogP contribution in [0.2, 0.25) is 5.02 Å². The predicted octanol–water partition coefficient (Wildman–Crippen LogP) is 3.15. The van der Waals surface area contributed by atoms with Crippen molar-refractivity contribution in [3.05, 3.63) is 64.2 Å². The molecule has 138 valence electrons. The van der Waals surface area contributed by atoms with Gasteiger partial charge in [0.2, 0.25) is 0 Å². The molecule has 1 aliphatic heterocycles. The van der Waals surface area contributed by atoms with Gasteiger partial charge in [0.25, 0.3) is 11.8 Å². The maximum atomic E-state index is 12.9. The number of nitrogens with one attached hydrogen (secondary N) is 1. The Labute approximate surface area is 159 Å². The minimum atomic E-state index is -0.340. The predicted molar refractivity (Wildman–Crippen MR) is 97.5 cm³/mol. The third-order valence-electron chi connectivity index (χ3n) is 4.51. The van der Waals surface area contributed by atoms with Gasteiger partial charge in [0.05, 0.1) is 11.6 Å². The number of benzene rings is 1. The molecule has 8 heteroatoms. The maximum Gasteiger partial charge on any atom is 0.289 e. The fourth-order valence-corrected chi connectivity index (χ4v) is 3.32. The topological polar surface area (TPSA) is 88.6 Å². The van der Waals surface area contributed by atoms with Gasteiger partial charge in [0.1, 0.15) is 11.5 Å². The molecule has 0 aliphatic carbocycles. The van der Waals surface area contributed by atoms with Crippen molar-refractivity contribution in [2.45, 2.75) is 13.0 Å². The summed E-state index contributed by atoms with van der Waals surface area (Å²) in [6.07, 6.45) is 0.489. The average molecular weight is 386 g/mol. The number of furan rings is 1. The highest BCUT2D eigenvalue weighted by Gasteiger charge is 2.31. The highest BCUT2D eigenvalue weighted by Crippen LogP contribution is 2.30. The fraction of sp³-hybridized carbons (Fsp3) is 0.211. The Morgan fingerprint density at radius 1 is 1.22 bits per heavy atom. The summed E-state index contributed by atoms with van der Waals surface area (Å²) in [5.41, 5.74) is 1.56. The zero-order valence-electron chi connectivity index (χ0n) is 14.5. The van der Waals surface area contributed by atoms with Crippen LogP contribution in [0.5, 0.6) is 0 Å². The van der Waals surface area contributed by atoms with E-state index < -0.39 is 0 Å². The lowest BCUT2D eigenvalue weighted by molar-refractivity contribution is 0.0696. The number of amides is 2. The van der Waals surface area contributed by atoms with Crippen molar-refractivity contribution in [1.82, 2.24) is 15.4 Å². The molecule has 0 atom stereocenters. The van der Waals surface area contributed by atoms with Crippen LogP contribution >= 0.6 is 11.6 Å². The molecule has 2 aromatic heterocycles. The van der Waals surface area contributed by atoms with Crippen molar-refractivity contribution in [1.29, 1.82) is 0 Å². The van der Waals surface area contributed by atoms with Gasteiger partial charge in [0, 0.05) is 31.1 Å². The molecule has 1 aliphatic rings.